The van der Waals surface area contributed by atoms with E-state index in [9.17, 15) is 9.90 Å². The average molecular weight is 460 g/mol. The molecule has 0 saturated heterocycles. The Hall–Kier alpha value is -1.00. The fraction of sp³-hybridized carbons (Fsp3) is 0.714. The lowest BCUT2D eigenvalue weighted by Crippen LogP contribution is -2.45. The molecule has 0 aliphatic rings. The standard InChI is InChI=1S/C21H37N3O4S2/c1-20(2,3)27-18(25)23(7)13-16(14-24(8)19(26)28-21(4,5)6)15-29-30-17-11-9-10-12-22-17/h9-12,16,18,25H,13-15H2,1-8H3. The molecule has 0 aliphatic heterocycles. The topological polar surface area (TPSA) is 75.1 Å². The molecule has 0 spiro atoms. The number of hydrogen-bond donors (Lipinski definition) is 1. The van der Waals surface area contributed by atoms with E-state index < -0.39 is 17.6 Å². The Kier molecular flexibility index (Phi) is 10.9. The van der Waals surface area contributed by atoms with Gasteiger partial charge in [0.1, 0.15) is 10.6 Å². The summed E-state index contributed by atoms with van der Waals surface area (Å²) in [5, 5.41) is 11.3. The second kappa shape index (κ2) is 12.1. The minimum absolute atomic E-state index is 0.0898. The van der Waals surface area contributed by atoms with Crippen molar-refractivity contribution in [3.8, 4) is 0 Å². The summed E-state index contributed by atoms with van der Waals surface area (Å²) in [6.07, 6.45) is 0.391. The van der Waals surface area contributed by atoms with Crippen LogP contribution in [0.5, 0.6) is 0 Å². The van der Waals surface area contributed by atoms with Crippen molar-refractivity contribution in [2.75, 3.05) is 32.9 Å². The maximum absolute atomic E-state index is 12.4. The maximum atomic E-state index is 12.4. The Balaban J connectivity index is 2.72. The van der Waals surface area contributed by atoms with Gasteiger partial charge in [-0.1, -0.05) is 16.9 Å². The smallest absolute Gasteiger partial charge is 0.410 e. The minimum atomic E-state index is -1.02. The molecule has 1 heterocycles. The van der Waals surface area contributed by atoms with Gasteiger partial charge in [0.2, 0.25) is 6.41 Å². The number of aliphatic hydroxyl groups excluding tert-OH is 1. The van der Waals surface area contributed by atoms with E-state index in [1.165, 1.54) is 0 Å². The highest BCUT2D eigenvalue weighted by Gasteiger charge is 2.26. The van der Waals surface area contributed by atoms with E-state index in [0.717, 1.165) is 10.8 Å². The highest BCUT2D eigenvalue weighted by Crippen LogP contribution is 2.31. The number of pyridine rings is 1. The summed E-state index contributed by atoms with van der Waals surface area (Å²) in [7, 11) is 6.82. The van der Waals surface area contributed by atoms with Gasteiger partial charge in [0, 0.05) is 32.1 Å². The molecule has 0 fully saturated rings. The van der Waals surface area contributed by atoms with Crippen molar-refractivity contribution < 1.29 is 19.4 Å². The van der Waals surface area contributed by atoms with Crippen LogP contribution >= 0.6 is 21.6 Å². The van der Waals surface area contributed by atoms with Crippen molar-refractivity contribution in [3.05, 3.63) is 24.4 Å². The summed E-state index contributed by atoms with van der Waals surface area (Å²) in [6.45, 7) is 12.3. The molecule has 1 N–H and O–H groups in total. The van der Waals surface area contributed by atoms with Crippen LogP contribution in [0, 0.1) is 5.92 Å². The molecule has 0 saturated carbocycles. The van der Waals surface area contributed by atoms with Gasteiger partial charge in [-0.15, -0.1) is 0 Å². The van der Waals surface area contributed by atoms with E-state index in [-0.39, 0.29) is 12.0 Å². The Bertz CT molecular complexity index is 635. The van der Waals surface area contributed by atoms with Crippen molar-refractivity contribution in [1.29, 1.82) is 0 Å². The third kappa shape index (κ3) is 12.0. The van der Waals surface area contributed by atoms with Crippen molar-refractivity contribution in [1.82, 2.24) is 14.8 Å². The second-order valence-electron chi connectivity index (χ2n) is 9.26. The molecule has 0 aromatic carbocycles. The van der Waals surface area contributed by atoms with E-state index in [1.807, 2.05) is 66.8 Å². The van der Waals surface area contributed by atoms with Crippen LogP contribution in [0.4, 0.5) is 4.79 Å². The molecule has 9 heteroatoms. The number of amides is 1. The Morgan fingerprint density at radius 1 is 1.13 bits per heavy atom. The molecule has 0 bridgehead atoms. The molecule has 1 aromatic heterocycles. The molecular formula is C21H37N3O4S2. The predicted octanol–water partition coefficient (Wildman–Crippen LogP) is 4.33. The number of carbonyl (C=O) groups excluding carboxylic acids is 1. The minimum Gasteiger partial charge on any atom is -0.444 e. The number of nitrogens with zero attached hydrogens (tertiary/aromatic N) is 3. The van der Waals surface area contributed by atoms with Gasteiger partial charge >= 0.3 is 6.09 Å². The molecule has 1 aromatic rings. The first kappa shape index (κ1) is 27.0. The molecule has 0 radical (unpaired) electrons. The largest absolute Gasteiger partial charge is 0.444 e. The maximum Gasteiger partial charge on any atom is 0.410 e. The predicted molar refractivity (Wildman–Crippen MR) is 124 cm³/mol. The zero-order valence-electron chi connectivity index (χ0n) is 19.4. The van der Waals surface area contributed by atoms with E-state index in [0.29, 0.717) is 13.1 Å². The Morgan fingerprint density at radius 3 is 2.33 bits per heavy atom. The SMILES string of the molecule is CN(CC(CSSc1ccccn1)CN(C)C(O)OC(C)(C)C)C(=O)OC(C)(C)C. The van der Waals surface area contributed by atoms with Crippen molar-refractivity contribution >= 4 is 27.7 Å². The zero-order chi connectivity index (χ0) is 22.9. The van der Waals surface area contributed by atoms with Crippen LogP contribution in [0.2, 0.25) is 0 Å². The lowest BCUT2D eigenvalue weighted by Gasteiger charge is -2.33. The van der Waals surface area contributed by atoms with Crippen LogP contribution in [0.25, 0.3) is 0 Å². The number of rotatable bonds is 10. The van der Waals surface area contributed by atoms with Gasteiger partial charge in [-0.3, -0.25) is 4.90 Å². The lowest BCUT2D eigenvalue weighted by molar-refractivity contribution is -0.234. The summed E-state index contributed by atoms with van der Waals surface area (Å²) in [6, 6.07) is 5.81. The molecule has 2 unspecified atom stereocenters. The van der Waals surface area contributed by atoms with Gasteiger partial charge in [0.05, 0.1) is 5.60 Å². The van der Waals surface area contributed by atoms with E-state index >= 15 is 0 Å². The molecule has 7 nitrogen and oxygen atoms in total. The van der Waals surface area contributed by atoms with Crippen molar-refractivity contribution in [2.45, 2.75) is 64.2 Å². The quantitative estimate of drug-likeness (QED) is 0.409. The van der Waals surface area contributed by atoms with Gasteiger partial charge in [0.15, 0.2) is 0 Å². The third-order valence-electron chi connectivity index (χ3n) is 3.71. The van der Waals surface area contributed by atoms with Crippen LogP contribution in [-0.4, -0.2) is 76.5 Å². The summed E-state index contributed by atoms with van der Waals surface area (Å²) < 4.78 is 11.1. The first-order valence-corrected chi connectivity index (χ1v) is 12.3. The molecule has 0 aliphatic carbocycles. The highest BCUT2D eigenvalue weighted by atomic mass is 33.1. The highest BCUT2D eigenvalue weighted by molar-refractivity contribution is 8.76. The monoisotopic (exact) mass is 459 g/mol. The summed E-state index contributed by atoms with van der Waals surface area (Å²) in [4.78, 5) is 20.1. The Labute approximate surface area is 189 Å². The van der Waals surface area contributed by atoms with Crippen LogP contribution < -0.4 is 0 Å². The molecule has 172 valence electrons. The number of carbonyl (C=O) groups is 1. The first-order chi connectivity index (χ1) is 13.8. The molecule has 2 atom stereocenters. The van der Waals surface area contributed by atoms with Crippen LogP contribution in [0.15, 0.2) is 29.4 Å². The molecule has 1 amide bonds. The summed E-state index contributed by atoms with van der Waals surface area (Å²) >= 11 is 0. The van der Waals surface area contributed by atoms with Crippen molar-refractivity contribution in [3.63, 3.8) is 0 Å². The van der Waals surface area contributed by atoms with E-state index in [1.54, 1.807) is 44.6 Å². The number of aromatic nitrogens is 1. The number of ether oxygens (including phenoxy) is 2. The molecule has 1 rings (SSSR count). The zero-order valence-corrected chi connectivity index (χ0v) is 21.0. The fourth-order valence-corrected chi connectivity index (χ4v) is 4.73. The summed E-state index contributed by atoms with van der Waals surface area (Å²) in [5.41, 5.74) is -1.00. The van der Waals surface area contributed by atoms with E-state index in [4.69, 9.17) is 9.47 Å². The molecule has 30 heavy (non-hydrogen) atoms. The van der Waals surface area contributed by atoms with Gasteiger partial charge in [0.25, 0.3) is 0 Å². The third-order valence-corrected chi connectivity index (χ3v) is 6.12. The molecular weight excluding hydrogens is 422 g/mol. The number of aliphatic hydroxyl groups is 1. The average Bonchev–Trinajstić information content (AvgIpc) is 2.59. The second-order valence-corrected chi connectivity index (χ2v) is 11.6. The van der Waals surface area contributed by atoms with Gasteiger partial charge < -0.3 is 19.5 Å². The van der Waals surface area contributed by atoms with Crippen LogP contribution in [0.3, 0.4) is 0 Å². The Morgan fingerprint density at radius 2 is 1.80 bits per heavy atom. The van der Waals surface area contributed by atoms with Gasteiger partial charge in [-0.25, -0.2) is 9.78 Å². The van der Waals surface area contributed by atoms with Crippen LogP contribution in [-0.2, 0) is 9.47 Å². The summed E-state index contributed by atoms with van der Waals surface area (Å²) in [5.74, 6) is 0.855. The van der Waals surface area contributed by atoms with Crippen molar-refractivity contribution in [2.24, 2.45) is 5.92 Å². The van der Waals surface area contributed by atoms with Gasteiger partial charge in [-0.2, -0.15) is 0 Å². The van der Waals surface area contributed by atoms with E-state index in [2.05, 4.69) is 4.98 Å². The first-order valence-electron chi connectivity index (χ1n) is 9.97. The lowest BCUT2D eigenvalue weighted by atomic mass is 10.1. The number of hydrogen-bond acceptors (Lipinski definition) is 8. The van der Waals surface area contributed by atoms with Crippen LogP contribution in [0.1, 0.15) is 41.5 Å². The normalized spacial score (nSPS) is 14.5. The fourth-order valence-electron chi connectivity index (χ4n) is 2.46. The van der Waals surface area contributed by atoms with Gasteiger partial charge in [-0.05, 0) is 77.4 Å².